The van der Waals surface area contributed by atoms with Crippen molar-refractivity contribution in [1.29, 1.82) is 0 Å². The molecule has 0 radical (unpaired) electrons. The molecule has 0 spiro atoms. The predicted octanol–water partition coefficient (Wildman–Crippen LogP) is 7.00. The normalized spacial score (nSPS) is 15.9. The zero-order valence-electron chi connectivity index (χ0n) is 29.6. The van der Waals surface area contributed by atoms with Crippen molar-refractivity contribution in [3.63, 3.8) is 0 Å². The summed E-state index contributed by atoms with van der Waals surface area (Å²) < 4.78 is 6.54. The van der Waals surface area contributed by atoms with E-state index < -0.39 is 15.2 Å². The van der Waals surface area contributed by atoms with Crippen LogP contribution in [0.1, 0.15) is 29.0 Å². The van der Waals surface area contributed by atoms with Gasteiger partial charge in [-0.3, -0.25) is 0 Å². The molecule has 0 bridgehead atoms. The molecule has 2 unspecified atom stereocenters. The summed E-state index contributed by atoms with van der Waals surface area (Å²) in [6.45, 7) is 0.669. The van der Waals surface area contributed by atoms with Gasteiger partial charge < -0.3 is 28.7 Å². The predicted molar refractivity (Wildman–Crippen MR) is 225 cm³/mol. The molecule has 53 heavy (non-hydrogen) atoms. The molecular formula is C49H41IOP2. The number of halogens is 1. The molecule has 4 heteroatoms. The second-order valence-corrected chi connectivity index (χ2v) is 19.5. The lowest BCUT2D eigenvalue weighted by atomic mass is 9.71. The first-order valence-corrected chi connectivity index (χ1v) is 21.7. The van der Waals surface area contributed by atoms with E-state index in [1.54, 1.807) is 0 Å². The Balaban J connectivity index is 0.00000400. The van der Waals surface area contributed by atoms with E-state index in [2.05, 4.69) is 194 Å². The number of hydrogen-bond donors (Lipinski definition) is 0. The molecule has 2 atom stereocenters. The maximum Gasteiger partial charge on any atom is 0.119 e. The van der Waals surface area contributed by atoms with E-state index in [1.807, 2.05) is 0 Å². The minimum absolute atomic E-state index is 0. The van der Waals surface area contributed by atoms with Crippen molar-refractivity contribution in [2.24, 2.45) is 0 Å². The van der Waals surface area contributed by atoms with E-state index in [1.165, 1.54) is 59.7 Å². The Kier molecular flexibility index (Phi) is 10.7. The van der Waals surface area contributed by atoms with Crippen molar-refractivity contribution in [2.45, 2.75) is 18.8 Å². The van der Waals surface area contributed by atoms with Gasteiger partial charge in [0, 0.05) is 12.3 Å². The van der Waals surface area contributed by atoms with Crippen LogP contribution in [-0.2, 0) is 6.42 Å². The van der Waals surface area contributed by atoms with Gasteiger partial charge in [0.2, 0.25) is 0 Å². The Morgan fingerprint density at radius 2 is 1.15 bits per heavy atom. The van der Waals surface area contributed by atoms with Crippen molar-refractivity contribution >= 4 is 47.8 Å². The molecule has 6 aromatic rings. The van der Waals surface area contributed by atoms with Crippen molar-refractivity contribution in [3.8, 4) is 5.75 Å². The lowest BCUT2D eigenvalue weighted by molar-refractivity contribution is -0.0000102. The highest BCUT2D eigenvalue weighted by molar-refractivity contribution is 7.95. The number of ether oxygens (including phenoxy) is 1. The van der Waals surface area contributed by atoms with Crippen LogP contribution in [0, 0.1) is 0 Å². The molecule has 1 nitrogen and oxygen atoms in total. The molecule has 0 fully saturated rings. The standard InChI is InChI=1S/C49H41OP2.HI/c1-5-17-41(18-6-1)51(47-34-28-39-26-25-37-15-13-16-38-27-33-46(47)49(39)48(37)38)42-31-29-40(30-32-42)50-35-14-36-52(43-19-7-2-8-20-43,44-21-9-3-10-22-44)45-23-11-4-12-24-45;/h1-13,15-24,26-34,49H,14,25,35-36H2;1H/q+1;/p-1. The largest absolute Gasteiger partial charge is 1.00 e. The molecule has 3 aliphatic carbocycles. The number of hydrogen-bond acceptors (Lipinski definition) is 1. The second kappa shape index (κ2) is 16.0. The van der Waals surface area contributed by atoms with Crippen molar-refractivity contribution in [2.75, 3.05) is 12.8 Å². The summed E-state index contributed by atoms with van der Waals surface area (Å²) in [5.41, 5.74) is 7.22. The minimum atomic E-state index is -1.88. The van der Waals surface area contributed by atoms with E-state index in [4.69, 9.17) is 4.74 Å². The van der Waals surface area contributed by atoms with Crippen LogP contribution in [0.15, 0.2) is 205 Å². The zero-order valence-corrected chi connectivity index (χ0v) is 33.5. The Hall–Kier alpha value is -4.33. The molecule has 0 saturated carbocycles. The quantitative estimate of drug-likeness (QED) is 0.0777. The van der Waals surface area contributed by atoms with Crippen LogP contribution < -0.4 is 55.2 Å². The maximum absolute atomic E-state index is 6.54. The summed E-state index contributed by atoms with van der Waals surface area (Å²) >= 11 is 0. The fraction of sp³-hybridized carbons (Fsp3) is 0.102. The fourth-order valence-corrected chi connectivity index (χ4v) is 15.1. The first kappa shape index (κ1) is 35.7. The number of rotatable bonds is 11. The van der Waals surface area contributed by atoms with Gasteiger partial charge in [0.15, 0.2) is 0 Å². The Morgan fingerprint density at radius 1 is 0.566 bits per heavy atom. The third kappa shape index (κ3) is 6.83. The first-order valence-electron chi connectivity index (χ1n) is 18.3. The SMILES string of the molecule is C1=CC(P(c2ccccc2)c2ccc(OCCC[P+](c3ccccc3)(c3ccccc3)c3ccccc3)cc2)=C2C=Cc3cccc4c3C2C1=CC4.[I-]. The van der Waals surface area contributed by atoms with Crippen LogP contribution in [0.4, 0.5) is 0 Å². The number of benzene rings is 6. The Morgan fingerprint density at radius 3 is 1.77 bits per heavy atom. The molecule has 0 saturated heterocycles. The number of allylic oxidation sites excluding steroid dienone is 7. The van der Waals surface area contributed by atoms with Gasteiger partial charge in [-0.1, -0.05) is 146 Å². The summed E-state index contributed by atoms with van der Waals surface area (Å²) in [4.78, 5) is 0. The minimum Gasteiger partial charge on any atom is -1.00 e. The van der Waals surface area contributed by atoms with Crippen LogP contribution in [0.3, 0.4) is 0 Å². The lowest BCUT2D eigenvalue weighted by Gasteiger charge is -2.36. The van der Waals surface area contributed by atoms with E-state index >= 15 is 0 Å². The van der Waals surface area contributed by atoms with Crippen LogP contribution in [0.2, 0.25) is 0 Å². The molecule has 3 aliphatic rings. The van der Waals surface area contributed by atoms with Crippen molar-refractivity contribution < 1.29 is 28.7 Å². The van der Waals surface area contributed by atoms with Gasteiger partial charge in [-0.25, -0.2) is 0 Å². The average molecular weight is 835 g/mol. The molecule has 0 aliphatic heterocycles. The van der Waals surface area contributed by atoms with Crippen molar-refractivity contribution in [1.82, 2.24) is 0 Å². The summed E-state index contributed by atoms with van der Waals surface area (Å²) in [7, 11) is -2.64. The van der Waals surface area contributed by atoms with Crippen LogP contribution in [-0.4, -0.2) is 12.8 Å². The van der Waals surface area contributed by atoms with E-state index in [9.17, 15) is 0 Å². The van der Waals surface area contributed by atoms with Gasteiger partial charge in [0.25, 0.3) is 0 Å². The highest BCUT2D eigenvalue weighted by Gasteiger charge is 2.44. The van der Waals surface area contributed by atoms with E-state index in [0.29, 0.717) is 12.5 Å². The molecule has 0 N–H and O–H groups in total. The summed E-state index contributed by atoms with van der Waals surface area (Å²) in [6, 6.07) is 60.3. The third-order valence-corrected chi connectivity index (χ3v) is 17.8. The molecule has 6 aromatic carbocycles. The molecular weight excluding hydrogens is 793 g/mol. The smallest absolute Gasteiger partial charge is 0.119 e. The second-order valence-electron chi connectivity index (χ2n) is 13.7. The zero-order chi connectivity index (χ0) is 34.7. The summed E-state index contributed by atoms with van der Waals surface area (Å²) in [5.74, 6) is 1.25. The molecule has 0 amide bonds. The maximum atomic E-state index is 6.54. The average Bonchev–Trinajstić information content (AvgIpc) is 3.22. The molecule has 9 rings (SSSR count). The van der Waals surface area contributed by atoms with Gasteiger partial charge in [0.1, 0.15) is 28.9 Å². The van der Waals surface area contributed by atoms with Crippen LogP contribution in [0.5, 0.6) is 5.75 Å². The van der Waals surface area contributed by atoms with Crippen molar-refractivity contribution in [3.05, 3.63) is 221 Å². The van der Waals surface area contributed by atoms with E-state index in [0.717, 1.165) is 24.8 Å². The molecule has 260 valence electrons. The fourth-order valence-electron chi connectivity index (χ4n) is 8.37. The molecule has 0 heterocycles. The van der Waals surface area contributed by atoms with Gasteiger partial charge >= 0.3 is 0 Å². The molecule has 0 aromatic heterocycles. The Labute approximate surface area is 333 Å². The van der Waals surface area contributed by atoms with Crippen LogP contribution in [0.25, 0.3) is 6.08 Å². The van der Waals surface area contributed by atoms with Gasteiger partial charge in [-0.2, -0.15) is 0 Å². The topological polar surface area (TPSA) is 9.23 Å². The highest BCUT2D eigenvalue weighted by atomic mass is 127. The van der Waals surface area contributed by atoms with Gasteiger partial charge in [-0.05, 0) is 107 Å². The van der Waals surface area contributed by atoms with E-state index in [-0.39, 0.29) is 24.0 Å². The van der Waals surface area contributed by atoms with Gasteiger partial charge in [-0.15, -0.1) is 0 Å². The summed E-state index contributed by atoms with van der Waals surface area (Å²) in [5, 5.41) is 8.42. The highest BCUT2D eigenvalue weighted by Crippen LogP contribution is 2.57. The van der Waals surface area contributed by atoms with Gasteiger partial charge in [0.05, 0.1) is 12.8 Å². The lowest BCUT2D eigenvalue weighted by Crippen LogP contribution is -3.00. The Bertz CT molecular complexity index is 2220. The monoisotopic (exact) mass is 834 g/mol. The first-order chi connectivity index (χ1) is 25.8. The summed E-state index contributed by atoms with van der Waals surface area (Å²) in [6.07, 6.45) is 15.0. The van der Waals surface area contributed by atoms with Crippen LogP contribution >= 0.6 is 15.2 Å². The third-order valence-electron chi connectivity index (χ3n) is 10.7.